The van der Waals surface area contributed by atoms with E-state index in [0.29, 0.717) is 19.2 Å². The van der Waals surface area contributed by atoms with Gasteiger partial charge in [0.2, 0.25) is 0 Å². The van der Waals surface area contributed by atoms with Gasteiger partial charge in [-0.25, -0.2) is 0 Å². The Hall–Kier alpha value is -2.20. The average molecular weight is 429 g/mol. The topological polar surface area (TPSA) is 70.5 Å². The van der Waals surface area contributed by atoms with E-state index in [9.17, 15) is 0 Å². The third-order valence-electron chi connectivity index (χ3n) is 4.59. The van der Waals surface area contributed by atoms with Crippen molar-refractivity contribution in [3.63, 3.8) is 0 Å². The summed E-state index contributed by atoms with van der Waals surface area (Å²) in [7, 11) is 1.46. The summed E-state index contributed by atoms with van der Waals surface area (Å²) in [6.07, 6.45) is 4.37. The van der Waals surface area contributed by atoms with Gasteiger partial charge in [-0.05, 0) is 59.3 Å². The molecule has 3 aromatic rings. The van der Waals surface area contributed by atoms with Crippen molar-refractivity contribution in [2.24, 2.45) is 0 Å². The van der Waals surface area contributed by atoms with Gasteiger partial charge in [0.25, 0.3) is 0 Å². The highest BCUT2D eigenvalue weighted by Crippen LogP contribution is 2.52. The van der Waals surface area contributed by atoms with Crippen molar-refractivity contribution in [1.82, 2.24) is 0 Å². The molecule has 0 spiro atoms. The van der Waals surface area contributed by atoms with Crippen molar-refractivity contribution in [3.05, 3.63) is 77.9 Å². The van der Waals surface area contributed by atoms with Gasteiger partial charge in [-0.1, -0.05) is 36.4 Å². The maximum absolute atomic E-state index is 6.16. The second kappa shape index (κ2) is 9.53. The van der Waals surface area contributed by atoms with E-state index in [2.05, 4.69) is 46.0 Å². The first-order valence-electron chi connectivity index (χ1n) is 9.33. The Labute approximate surface area is 177 Å². The van der Waals surface area contributed by atoms with Gasteiger partial charge < -0.3 is 20.9 Å². The maximum atomic E-state index is 6.16. The number of benzene rings is 3. The standard InChI is InChI=1S/C23H29N2O2PS/c1-29(2,23-13-19(24)7-12-22(23)25)16-27-20-8-3-17(4-9-20)14-26-15-18-5-10-21(28)11-6-18/h3-13H,14-16,24-25,28H2,1-2H3. The second-order valence-electron chi connectivity index (χ2n) is 7.48. The lowest BCUT2D eigenvalue weighted by molar-refractivity contribution is 0.107. The highest BCUT2D eigenvalue weighted by Gasteiger charge is 2.19. The molecule has 0 saturated carbocycles. The lowest BCUT2D eigenvalue weighted by atomic mass is 10.2. The average Bonchev–Trinajstić information content (AvgIpc) is 2.71. The van der Waals surface area contributed by atoms with Gasteiger partial charge in [0.05, 0.1) is 13.2 Å². The van der Waals surface area contributed by atoms with Crippen molar-refractivity contribution < 1.29 is 9.47 Å². The summed E-state index contributed by atoms with van der Waals surface area (Å²) >= 11 is 0. The molecule has 1 atom stereocenters. The van der Waals surface area contributed by atoms with Gasteiger partial charge in [-0.2, -0.15) is 10.0 Å². The van der Waals surface area contributed by atoms with Gasteiger partial charge >= 0.3 is 0 Å². The van der Waals surface area contributed by atoms with E-state index in [1.165, 1.54) is 10.9 Å². The molecule has 3 rings (SSSR count). The zero-order chi connectivity index (χ0) is 20.9. The van der Waals surface area contributed by atoms with Crippen LogP contribution in [-0.4, -0.2) is 18.5 Å². The minimum absolute atomic E-state index is 0.569. The molecule has 0 fully saturated rings. The fourth-order valence-electron chi connectivity index (χ4n) is 2.89. The van der Waals surface area contributed by atoms with Gasteiger partial charge in [0.15, 0.2) is 0 Å². The SMILES string of the molecule is CS(C)(COc1ccc(COCc2ccc(P)cc2)cc1)c1cc(N)ccc1N. The van der Waals surface area contributed by atoms with E-state index >= 15 is 0 Å². The Balaban J connectivity index is 1.52. The summed E-state index contributed by atoms with van der Waals surface area (Å²) < 4.78 is 11.9. The summed E-state index contributed by atoms with van der Waals surface area (Å²) in [6, 6.07) is 22.0. The van der Waals surface area contributed by atoms with Crippen molar-refractivity contribution in [3.8, 4) is 5.75 Å². The van der Waals surface area contributed by atoms with Gasteiger partial charge in [-0.15, -0.1) is 9.24 Å². The molecule has 1 unspecified atom stereocenters. The Morgan fingerprint density at radius 1 is 0.828 bits per heavy atom. The van der Waals surface area contributed by atoms with Crippen LogP contribution < -0.4 is 21.5 Å². The van der Waals surface area contributed by atoms with Crippen LogP contribution in [0.1, 0.15) is 11.1 Å². The number of hydrogen-bond donors (Lipinski definition) is 2. The molecule has 0 aliphatic carbocycles. The molecule has 4 N–H and O–H groups in total. The quantitative estimate of drug-likeness (QED) is 0.409. The minimum atomic E-state index is -1.22. The number of nitrogen functional groups attached to an aromatic ring is 2. The summed E-state index contributed by atoms with van der Waals surface area (Å²) in [5, 5.41) is 1.17. The predicted molar refractivity (Wildman–Crippen MR) is 129 cm³/mol. The van der Waals surface area contributed by atoms with Crippen LogP contribution in [0, 0.1) is 0 Å². The molecule has 3 aromatic carbocycles. The van der Waals surface area contributed by atoms with Gasteiger partial charge in [-0.3, -0.25) is 0 Å². The van der Waals surface area contributed by atoms with Crippen molar-refractivity contribution >= 4 is 35.9 Å². The molecule has 29 heavy (non-hydrogen) atoms. The third kappa shape index (κ3) is 6.14. The third-order valence-corrected chi connectivity index (χ3v) is 7.23. The number of nitrogens with two attached hydrogens (primary N) is 2. The first kappa shape index (κ1) is 21.5. The summed E-state index contributed by atoms with van der Waals surface area (Å²) in [5.74, 6) is 1.43. The van der Waals surface area contributed by atoms with Gasteiger partial charge in [0.1, 0.15) is 11.7 Å². The van der Waals surface area contributed by atoms with E-state index in [4.69, 9.17) is 20.9 Å². The van der Waals surface area contributed by atoms with Crippen LogP contribution >= 0.6 is 19.3 Å². The van der Waals surface area contributed by atoms with E-state index < -0.39 is 10.0 Å². The Morgan fingerprint density at radius 3 is 2.03 bits per heavy atom. The molecule has 0 heterocycles. The molecule has 0 saturated heterocycles. The molecule has 0 aliphatic rings. The normalized spacial score (nSPS) is 12.0. The minimum Gasteiger partial charge on any atom is -0.484 e. The molecule has 0 aromatic heterocycles. The van der Waals surface area contributed by atoms with Crippen LogP contribution in [-0.2, 0) is 18.0 Å². The zero-order valence-corrected chi connectivity index (χ0v) is 18.9. The fourth-order valence-corrected chi connectivity index (χ4v) is 4.80. The first-order chi connectivity index (χ1) is 13.8. The smallest absolute Gasteiger partial charge is 0.122 e. The van der Waals surface area contributed by atoms with Gasteiger partial charge in [0, 0.05) is 16.3 Å². The number of anilines is 2. The lowest BCUT2D eigenvalue weighted by Crippen LogP contribution is -2.10. The number of ether oxygens (including phenoxy) is 2. The lowest BCUT2D eigenvalue weighted by Gasteiger charge is -2.32. The highest BCUT2D eigenvalue weighted by molar-refractivity contribution is 8.32. The fraction of sp³-hybridized carbons (Fsp3) is 0.217. The van der Waals surface area contributed by atoms with E-state index in [0.717, 1.165) is 27.6 Å². The summed E-state index contributed by atoms with van der Waals surface area (Å²) in [5.41, 5.74) is 15.9. The predicted octanol–water partition coefficient (Wildman–Crippen LogP) is 4.53. The molecule has 0 bridgehead atoms. The van der Waals surface area contributed by atoms with Crippen molar-refractivity contribution in [2.75, 3.05) is 29.9 Å². The van der Waals surface area contributed by atoms with Crippen LogP contribution in [0.25, 0.3) is 0 Å². The van der Waals surface area contributed by atoms with Crippen LogP contribution in [0.2, 0.25) is 0 Å². The molecule has 0 amide bonds. The molecular formula is C23H29N2O2PS. The first-order valence-corrected chi connectivity index (χ1v) is 12.5. The summed E-state index contributed by atoms with van der Waals surface area (Å²) in [4.78, 5) is 1.08. The Bertz CT molecular complexity index is 944. The van der Waals surface area contributed by atoms with Crippen molar-refractivity contribution in [1.29, 1.82) is 0 Å². The Morgan fingerprint density at radius 2 is 1.41 bits per heavy atom. The largest absolute Gasteiger partial charge is 0.484 e. The molecule has 154 valence electrons. The van der Waals surface area contributed by atoms with Crippen LogP contribution in [0.5, 0.6) is 5.75 Å². The van der Waals surface area contributed by atoms with Crippen LogP contribution in [0.4, 0.5) is 11.4 Å². The molecular weight excluding hydrogens is 399 g/mol. The van der Waals surface area contributed by atoms with E-state index in [1.807, 2.05) is 42.5 Å². The molecule has 4 nitrogen and oxygen atoms in total. The molecule has 0 aliphatic heterocycles. The van der Waals surface area contributed by atoms with E-state index in [1.54, 1.807) is 0 Å². The maximum Gasteiger partial charge on any atom is 0.122 e. The highest BCUT2D eigenvalue weighted by atomic mass is 32.3. The second-order valence-corrected chi connectivity index (χ2v) is 11.9. The molecule has 6 heteroatoms. The molecule has 0 radical (unpaired) electrons. The monoisotopic (exact) mass is 428 g/mol. The van der Waals surface area contributed by atoms with E-state index in [-0.39, 0.29) is 0 Å². The number of rotatable bonds is 8. The zero-order valence-electron chi connectivity index (χ0n) is 16.9. The number of hydrogen-bond acceptors (Lipinski definition) is 4. The van der Waals surface area contributed by atoms with Crippen LogP contribution in [0.15, 0.2) is 71.6 Å². The summed E-state index contributed by atoms with van der Waals surface area (Å²) in [6.45, 7) is 1.17. The van der Waals surface area contributed by atoms with Crippen molar-refractivity contribution in [2.45, 2.75) is 18.1 Å². The Kier molecular flexibility index (Phi) is 7.07. The van der Waals surface area contributed by atoms with Crippen LogP contribution in [0.3, 0.4) is 0 Å².